The number of nitrogens with zero attached hydrogens (tertiary/aromatic N) is 3. The van der Waals surface area contributed by atoms with Crippen molar-refractivity contribution in [3.8, 4) is 5.75 Å². The summed E-state index contributed by atoms with van der Waals surface area (Å²) < 4.78 is 13.8. The number of amides is 3. The number of H-pyrrole nitrogens is 1. The predicted molar refractivity (Wildman–Crippen MR) is 113 cm³/mol. The van der Waals surface area contributed by atoms with Gasteiger partial charge in [0.05, 0.1) is 0 Å². The number of imide groups is 1. The van der Waals surface area contributed by atoms with Crippen molar-refractivity contribution < 1.29 is 19.1 Å². The Morgan fingerprint density at radius 1 is 1.19 bits per heavy atom. The average Bonchev–Trinajstić information content (AvgIpc) is 3.19. The summed E-state index contributed by atoms with van der Waals surface area (Å²) in [5.41, 5.74) is 2.97. The van der Waals surface area contributed by atoms with Crippen molar-refractivity contribution >= 4 is 22.8 Å². The number of carbonyl (C=O) groups is 2. The van der Waals surface area contributed by atoms with Gasteiger partial charge < -0.3 is 15.0 Å². The molecule has 2 unspecified atom stereocenters. The Kier molecular flexibility index (Phi) is 4.48. The number of phenolic OH excluding ortho intramolecular Hbond substituents is 1. The van der Waals surface area contributed by atoms with Crippen molar-refractivity contribution in [2.45, 2.75) is 18.5 Å². The van der Waals surface area contributed by atoms with Gasteiger partial charge in [-0.1, -0.05) is 12.1 Å². The number of phenols is 1. The van der Waals surface area contributed by atoms with Gasteiger partial charge in [0.2, 0.25) is 0 Å². The highest BCUT2D eigenvalue weighted by Gasteiger charge is 2.52. The fourth-order valence-electron chi connectivity index (χ4n) is 4.70. The van der Waals surface area contributed by atoms with E-state index in [-0.39, 0.29) is 23.5 Å². The number of rotatable bonds is 4. The van der Waals surface area contributed by atoms with Crippen LogP contribution < -0.4 is 0 Å². The molecule has 0 aliphatic carbocycles. The molecular weight excluding hydrogens is 399 g/mol. The minimum atomic E-state index is -0.640. The first kappa shape index (κ1) is 19.6. The number of urea groups is 1. The molecule has 1 aromatic heterocycles. The van der Waals surface area contributed by atoms with Crippen LogP contribution in [-0.4, -0.2) is 70.0 Å². The predicted octanol–water partition coefficient (Wildman–Crippen LogP) is 2.85. The molecular formula is C23H23FN4O3. The Balaban J connectivity index is 1.67. The van der Waals surface area contributed by atoms with E-state index >= 15 is 0 Å². The lowest BCUT2D eigenvalue weighted by atomic mass is 9.89. The summed E-state index contributed by atoms with van der Waals surface area (Å²) >= 11 is 0. The second kappa shape index (κ2) is 7.09. The van der Waals surface area contributed by atoms with Crippen molar-refractivity contribution in [3.05, 3.63) is 65.1 Å². The van der Waals surface area contributed by atoms with E-state index in [0.29, 0.717) is 30.6 Å². The van der Waals surface area contributed by atoms with Crippen molar-refractivity contribution in [1.29, 1.82) is 0 Å². The molecule has 31 heavy (non-hydrogen) atoms. The standard InChI is InChI=1S/C23H23FN4O3/c1-26(2)8-9-27-22(30)19-12-17-16-7-6-14(24)11-18(16)25-20(17)21(28(19)23(27)31)13-4-3-5-15(29)10-13/h3-7,10-11,19,21,25,29H,8-9,12H2,1-2H3. The first-order valence-corrected chi connectivity index (χ1v) is 10.2. The van der Waals surface area contributed by atoms with Gasteiger partial charge in [-0.15, -0.1) is 0 Å². The number of likely N-dealkylation sites (N-methyl/N-ethyl adjacent to an activating group) is 1. The first-order valence-electron chi connectivity index (χ1n) is 10.2. The zero-order chi connectivity index (χ0) is 21.9. The smallest absolute Gasteiger partial charge is 0.328 e. The number of halogens is 1. The maximum atomic E-state index is 13.8. The van der Waals surface area contributed by atoms with Crippen LogP contribution in [0.3, 0.4) is 0 Å². The molecule has 0 spiro atoms. The zero-order valence-corrected chi connectivity index (χ0v) is 17.3. The highest BCUT2D eigenvalue weighted by molar-refractivity contribution is 6.05. The van der Waals surface area contributed by atoms with Crippen LogP contribution in [0.5, 0.6) is 5.75 Å². The molecule has 160 valence electrons. The van der Waals surface area contributed by atoms with Gasteiger partial charge in [-0.2, -0.15) is 0 Å². The molecule has 1 saturated heterocycles. The normalized spacial score (nSPS) is 20.6. The second-order valence-corrected chi connectivity index (χ2v) is 8.41. The summed E-state index contributed by atoms with van der Waals surface area (Å²) in [7, 11) is 3.79. The van der Waals surface area contributed by atoms with E-state index in [1.54, 1.807) is 29.2 Å². The van der Waals surface area contributed by atoms with Crippen LogP contribution in [0.25, 0.3) is 10.9 Å². The molecule has 1 fully saturated rings. The Morgan fingerprint density at radius 2 is 2.00 bits per heavy atom. The number of aromatic hydroxyl groups is 1. The van der Waals surface area contributed by atoms with E-state index in [2.05, 4.69) is 4.98 Å². The fraction of sp³-hybridized carbons (Fsp3) is 0.304. The summed E-state index contributed by atoms with van der Waals surface area (Å²) in [6.07, 6.45) is 0.360. The summed E-state index contributed by atoms with van der Waals surface area (Å²) in [4.78, 5) is 34.8. The second-order valence-electron chi connectivity index (χ2n) is 8.41. The molecule has 2 N–H and O–H groups in total. The maximum absolute atomic E-state index is 13.8. The number of aromatic nitrogens is 1. The number of hydrogen-bond donors (Lipinski definition) is 2. The Hall–Kier alpha value is -3.39. The van der Waals surface area contributed by atoms with Crippen LogP contribution in [0.2, 0.25) is 0 Å². The summed E-state index contributed by atoms with van der Waals surface area (Å²) in [6.45, 7) is 0.882. The third-order valence-electron chi connectivity index (χ3n) is 6.15. The molecule has 0 bridgehead atoms. The van der Waals surface area contributed by atoms with Gasteiger partial charge in [-0.05, 0) is 55.6 Å². The minimum absolute atomic E-state index is 0.0748. The van der Waals surface area contributed by atoms with Crippen LogP contribution in [0, 0.1) is 5.82 Å². The number of carbonyl (C=O) groups excluding carboxylic acids is 2. The number of benzene rings is 2. The number of aromatic amines is 1. The van der Waals surface area contributed by atoms with Gasteiger partial charge in [-0.25, -0.2) is 9.18 Å². The van der Waals surface area contributed by atoms with Gasteiger partial charge in [0.1, 0.15) is 23.7 Å². The van der Waals surface area contributed by atoms with Gasteiger partial charge in [0, 0.05) is 36.1 Å². The molecule has 2 aromatic carbocycles. The summed E-state index contributed by atoms with van der Waals surface area (Å²) in [5, 5.41) is 10.9. The van der Waals surface area contributed by atoms with E-state index in [9.17, 15) is 19.1 Å². The fourth-order valence-corrected chi connectivity index (χ4v) is 4.70. The summed E-state index contributed by atoms with van der Waals surface area (Å²) in [6, 6.07) is 9.65. The molecule has 7 nitrogen and oxygen atoms in total. The highest BCUT2D eigenvalue weighted by Crippen LogP contribution is 2.44. The van der Waals surface area contributed by atoms with E-state index in [0.717, 1.165) is 16.6 Å². The molecule has 3 amide bonds. The van der Waals surface area contributed by atoms with Crippen molar-refractivity contribution in [2.75, 3.05) is 27.2 Å². The Labute approximate surface area is 178 Å². The van der Waals surface area contributed by atoms with Crippen molar-refractivity contribution in [3.63, 3.8) is 0 Å². The van der Waals surface area contributed by atoms with Crippen LogP contribution in [0.4, 0.5) is 9.18 Å². The van der Waals surface area contributed by atoms with Crippen LogP contribution in [0.1, 0.15) is 22.9 Å². The van der Waals surface area contributed by atoms with Crippen LogP contribution in [-0.2, 0) is 11.2 Å². The van der Waals surface area contributed by atoms with Crippen molar-refractivity contribution in [2.24, 2.45) is 0 Å². The van der Waals surface area contributed by atoms with Crippen molar-refractivity contribution in [1.82, 2.24) is 19.7 Å². The van der Waals surface area contributed by atoms with E-state index in [1.807, 2.05) is 25.1 Å². The van der Waals surface area contributed by atoms with Crippen LogP contribution >= 0.6 is 0 Å². The van der Waals surface area contributed by atoms with Crippen LogP contribution in [0.15, 0.2) is 42.5 Å². The number of nitrogens with one attached hydrogen (secondary N) is 1. The number of hydrogen-bond acceptors (Lipinski definition) is 4. The lowest BCUT2D eigenvalue weighted by Gasteiger charge is -2.36. The topological polar surface area (TPSA) is 79.9 Å². The van der Waals surface area contributed by atoms with E-state index in [1.165, 1.54) is 17.0 Å². The largest absolute Gasteiger partial charge is 0.508 e. The van der Waals surface area contributed by atoms with E-state index < -0.39 is 12.1 Å². The van der Waals surface area contributed by atoms with Gasteiger partial charge in [0.15, 0.2) is 0 Å². The lowest BCUT2D eigenvalue weighted by molar-refractivity contribution is -0.128. The monoisotopic (exact) mass is 422 g/mol. The molecule has 2 aliphatic rings. The third kappa shape index (κ3) is 3.06. The van der Waals surface area contributed by atoms with Gasteiger partial charge in [0.25, 0.3) is 5.91 Å². The van der Waals surface area contributed by atoms with Gasteiger partial charge in [-0.3, -0.25) is 14.6 Å². The minimum Gasteiger partial charge on any atom is -0.508 e. The van der Waals surface area contributed by atoms with E-state index in [4.69, 9.17) is 0 Å². The van der Waals surface area contributed by atoms with Gasteiger partial charge >= 0.3 is 6.03 Å². The molecule has 0 saturated carbocycles. The lowest BCUT2D eigenvalue weighted by Crippen LogP contribution is -2.44. The molecule has 3 heterocycles. The summed E-state index contributed by atoms with van der Waals surface area (Å²) in [5.74, 6) is -0.507. The zero-order valence-electron chi connectivity index (χ0n) is 17.3. The third-order valence-corrected chi connectivity index (χ3v) is 6.15. The molecule has 2 aliphatic heterocycles. The Bertz CT molecular complexity index is 1200. The highest BCUT2D eigenvalue weighted by atomic mass is 19.1. The molecule has 5 rings (SSSR count). The molecule has 2 atom stereocenters. The first-order chi connectivity index (χ1) is 14.8. The SMILES string of the molecule is CN(C)CCN1C(=O)C2Cc3c([nH]c4cc(F)ccc34)C(c3cccc(O)c3)N2C1=O. The molecule has 3 aromatic rings. The number of fused-ring (bicyclic) bond motifs is 4. The quantitative estimate of drug-likeness (QED) is 0.634. The maximum Gasteiger partial charge on any atom is 0.328 e. The Morgan fingerprint density at radius 3 is 2.74 bits per heavy atom. The average molecular weight is 422 g/mol. The molecule has 8 heteroatoms. The molecule has 0 radical (unpaired) electrons.